The van der Waals surface area contributed by atoms with Crippen molar-refractivity contribution >= 4 is 21.7 Å². The van der Waals surface area contributed by atoms with Gasteiger partial charge in [-0.2, -0.15) is 8.42 Å². The summed E-state index contributed by atoms with van der Waals surface area (Å²) in [4.78, 5) is 0. The Balaban J connectivity index is 1.85. The van der Waals surface area contributed by atoms with Gasteiger partial charge in [0.1, 0.15) is 11.7 Å². The van der Waals surface area contributed by atoms with Crippen molar-refractivity contribution in [3.8, 4) is 0 Å². The highest BCUT2D eigenvalue weighted by atomic mass is 35.5. The molecule has 4 bridgehead atoms. The van der Waals surface area contributed by atoms with Crippen molar-refractivity contribution in [3.05, 3.63) is 0 Å². The van der Waals surface area contributed by atoms with Crippen LogP contribution in [0.2, 0.25) is 0 Å². The van der Waals surface area contributed by atoms with Crippen LogP contribution >= 0.6 is 11.6 Å². The van der Waals surface area contributed by atoms with Gasteiger partial charge in [0, 0.05) is 5.92 Å². The van der Waals surface area contributed by atoms with Crippen LogP contribution in [0.3, 0.4) is 0 Å². The lowest BCUT2D eigenvalue weighted by atomic mass is 9.67. The van der Waals surface area contributed by atoms with Gasteiger partial charge >= 0.3 is 0 Å². The SMILES string of the molecule is CCC(Cl)OC1C2CCC3C1OS(=O)(=O)C3C2. The van der Waals surface area contributed by atoms with E-state index in [1.807, 2.05) is 6.92 Å². The number of halogens is 1. The first-order valence-corrected chi connectivity index (χ1v) is 8.15. The molecule has 0 aromatic rings. The predicted octanol–water partition coefficient (Wildman–Crippen LogP) is 1.87. The van der Waals surface area contributed by atoms with Crippen molar-refractivity contribution in [2.45, 2.75) is 55.6 Å². The molecule has 0 aromatic carbocycles. The van der Waals surface area contributed by atoms with E-state index in [-0.39, 0.29) is 28.9 Å². The molecule has 6 unspecified atom stereocenters. The highest BCUT2D eigenvalue weighted by Gasteiger charge is 2.61. The summed E-state index contributed by atoms with van der Waals surface area (Å²) in [6.07, 6.45) is 2.96. The van der Waals surface area contributed by atoms with Gasteiger partial charge in [-0.25, -0.2) is 0 Å². The average molecular weight is 281 g/mol. The standard InChI is InChI=1S/C11H17ClO4S/c1-2-9(12)15-10-6-3-4-7-8(5-6)17(13,14)16-11(7)10/h6-11H,2-5H2,1H3. The van der Waals surface area contributed by atoms with Gasteiger partial charge in [-0.15, -0.1) is 0 Å². The molecule has 0 N–H and O–H groups in total. The first kappa shape index (κ1) is 12.2. The van der Waals surface area contributed by atoms with Crippen molar-refractivity contribution in [2.24, 2.45) is 11.8 Å². The van der Waals surface area contributed by atoms with E-state index in [0.29, 0.717) is 12.3 Å². The maximum absolute atomic E-state index is 11.8. The second-order valence-electron chi connectivity index (χ2n) is 5.25. The van der Waals surface area contributed by atoms with Gasteiger partial charge in [-0.1, -0.05) is 18.5 Å². The Morgan fingerprint density at radius 2 is 2.24 bits per heavy atom. The van der Waals surface area contributed by atoms with E-state index in [0.717, 1.165) is 19.3 Å². The molecule has 3 saturated carbocycles. The van der Waals surface area contributed by atoms with Gasteiger partial charge < -0.3 is 4.74 Å². The zero-order valence-corrected chi connectivity index (χ0v) is 11.3. The lowest BCUT2D eigenvalue weighted by molar-refractivity contribution is -0.118. The van der Waals surface area contributed by atoms with Gasteiger partial charge in [-0.3, -0.25) is 4.18 Å². The van der Waals surface area contributed by atoms with Crippen LogP contribution in [0.25, 0.3) is 0 Å². The lowest BCUT2D eigenvalue weighted by Crippen LogP contribution is -2.51. The summed E-state index contributed by atoms with van der Waals surface area (Å²) in [5.41, 5.74) is -0.343. The maximum Gasteiger partial charge on any atom is 0.270 e. The minimum atomic E-state index is -3.35. The molecule has 1 heterocycles. The molecule has 1 aliphatic heterocycles. The molecular weight excluding hydrogens is 264 g/mol. The summed E-state index contributed by atoms with van der Waals surface area (Å²) >= 11 is 6.02. The zero-order chi connectivity index (χ0) is 12.2. The number of alkyl halides is 1. The van der Waals surface area contributed by atoms with Gasteiger partial charge in [0.15, 0.2) is 0 Å². The molecule has 0 aromatic heterocycles. The van der Waals surface area contributed by atoms with E-state index < -0.39 is 10.1 Å². The van der Waals surface area contributed by atoms with E-state index in [4.69, 9.17) is 20.5 Å². The largest absolute Gasteiger partial charge is 0.356 e. The van der Waals surface area contributed by atoms with Crippen molar-refractivity contribution in [1.82, 2.24) is 0 Å². The Labute approximate surface area is 107 Å². The van der Waals surface area contributed by atoms with E-state index in [1.165, 1.54) is 0 Å². The van der Waals surface area contributed by atoms with Crippen LogP contribution < -0.4 is 0 Å². The number of rotatable bonds is 3. The molecule has 6 atom stereocenters. The summed E-state index contributed by atoms with van der Waals surface area (Å²) in [7, 11) is -3.35. The summed E-state index contributed by atoms with van der Waals surface area (Å²) in [6, 6.07) is 0. The molecule has 4 nitrogen and oxygen atoms in total. The second-order valence-corrected chi connectivity index (χ2v) is 7.52. The molecule has 4 fully saturated rings. The van der Waals surface area contributed by atoms with Crippen LogP contribution in [0.4, 0.5) is 0 Å². The fraction of sp³-hybridized carbons (Fsp3) is 1.00. The topological polar surface area (TPSA) is 52.6 Å². The highest BCUT2D eigenvalue weighted by molar-refractivity contribution is 7.87. The smallest absolute Gasteiger partial charge is 0.270 e. The Hall–Kier alpha value is 0.160. The predicted molar refractivity (Wildman–Crippen MR) is 63.2 cm³/mol. The molecule has 4 aliphatic rings. The Morgan fingerprint density at radius 1 is 1.47 bits per heavy atom. The van der Waals surface area contributed by atoms with Crippen LogP contribution in [0.1, 0.15) is 32.6 Å². The van der Waals surface area contributed by atoms with Crippen LogP contribution in [0, 0.1) is 11.8 Å². The fourth-order valence-corrected chi connectivity index (χ4v) is 5.53. The summed E-state index contributed by atoms with van der Waals surface area (Å²) in [6.45, 7) is 1.95. The molecule has 0 spiro atoms. The zero-order valence-electron chi connectivity index (χ0n) is 9.71. The normalized spacial score (nSPS) is 48.2. The monoisotopic (exact) mass is 280 g/mol. The first-order valence-electron chi connectivity index (χ1n) is 6.24. The van der Waals surface area contributed by atoms with E-state index in [2.05, 4.69) is 0 Å². The van der Waals surface area contributed by atoms with E-state index in [1.54, 1.807) is 0 Å². The summed E-state index contributed by atoms with van der Waals surface area (Å²) in [5, 5.41) is -0.290. The van der Waals surface area contributed by atoms with Crippen molar-refractivity contribution in [1.29, 1.82) is 0 Å². The minimum absolute atomic E-state index is 0.121. The molecule has 4 rings (SSSR count). The van der Waals surface area contributed by atoms with Crippen LogP contribution in [0.5, 0.6) is 0 Å². The molecule has 0 radical (unpaired) electrons. The van der Waals surface area contributed by atoms with Crippen molar-refractivity contribution in [2.75, 3.05) is 0 Å². The summed E-state index contributed by atoms with van der Waals surface area (Å²) < 4.78 is 34.7. The summed E-state index contributed by atoms with van der Waals surface area (Å²) in [5.74, 6) is 0.413. The van der Waals surface area contributed by atoms with Crippen LogP contribution in [-0.2, 0) is 19.0 Å². The van der Waals surface area contributed by atoms with Gasteiger partial charge in [0.2, 0.25) is 0 Å². The Bertz CT molecular complexity index is 410. The molecule has 3 aliphatic carbocycles. The fourth-order valence-electron chi connectivity index (χ4n) is 3.51. The van der Waals surface area contributed by atoms with Gasteiger partial charge in [0.05, 0.1) is 11.4 Å². The molecule has 1 saturated heterocycles. The molecule has 17 heavy (non-hydrogen) atoms. The maximum atomic E-state index is 11.8. The minimum Gasteiger partial charge on any atom is -0.356 e. The Morgan fingerprint density at radius 3 is 2.94 bits per heavy atom. The third kappa shape index (κ3) is 1.82. The molecule has 6 heteroatoms. The molecule has 98 valence electrons. The van der Waals surface area contributed by atoms with Crippen LogP contribution in [-0.4, -0.2) is 31.4 Å². The van der Waals surface area contributed by atoms with Crippen molar-refractivity contribution < 1.29 is 17.3 Å². The quantitative estimate of drug-likeness (QED) is 0.585. The number of hydrogen-bond acceptors (Lipinski definition) is 4. The van der Waals surface area contributed by atoms with E-state index >= 15 is 0 Å². The lowest BCUT2D eigenvalue weighted by Gasteiger charge is -2.44. The van der Waals surface area contributed by atoms with E-state index in [9.17, 15) is 8.42 Å². The van der Waals surface area contributed by atoms with Crippen LogP contribution in [0.15, 0.2) is 0 Å². The number of ether oxygens (including phenoxy) is 1. The Kier molecular flexibility index (Phi) is 2.93. The van der Waals surface area contributed by atoms with Gasteiger partial charge in [0.25, 0.3) is 10.1 Å². The number of hydrogen-bond donors (Lipinski definition) is 0. The van der Waals surface area contributed by atoms with Gasteiger partial charge in [-0.05, 0) is 31.6 Å². The third-order valence-corrected chi connectivity index (χ3v) is 6.52. The molecular formula is C11H17ClO4S. The number of fused-ring (bicyclic) bond motifs is 1. The first-order chi connectivity index (χ1) is 8.03. The highest BCUT2D eigenvalue weighted by Crippen LogP contribution is 2.52. The average Bonchev–Trinajstić information content (AvgIpc) is 2.53. The van der Waals surface area contributed by atoms with Crippen molar-refractivity contribution in [3.63, 3.8) is 0 Å². The third-order valence-electron chi connectivity index (χ3n) is 4.34. The second kappa shape index (κ2) is 4.08. The molecule has 0 amide bonds.